The molecular formula is C13H19ClN4O2. The summed E-state index contributed by atoms with van der Waals surface area (Å²) in [7, 11) is 0. The Bertz CT molecular complexity index is 477. The van der Waals surface area contributed by atoms with Gasteiger partial charge < -0.3 is 10.2 Å². The SMILES string of the molecule is CCN(CC1CCNCC1)c1ncc([N+](=O)[O-])cc1Cl. The van der Waals surface area contributed by atoms with E-state index in [0.717, 1.165) is 39.0 Å². The second-order valence-electron chi connectivity index (χ2n) is 4.99. The van der Waals surface area contributed by atoms with Gasteiger partial charge in [-0.1, -0.05) is 11.6 Å². The van der Waals surface area contributed by atoms with E-state index in [2.05, 4.69) is 15.2 Å². The number of pyridine rings is 1. The molecule has 0 aliphatic carbocycles. The van der Waals surface area contributed by atoms with Crippen molar-refractivity contribution in [2.45, 2.75) is 19.8 Å². The molecule has 110 valence electrons. The van der Waals surface area contributed by atoms with Crippen LogP contribution in [-0.2, 0) is 0 Å². The summed E-state index contributed by atoms with van der Waals surface area (Å²) in [5.41, 5.74) is -0.0725. The summed E-state index contributed by atoms with van der Waals surface area (Å²) in [5.74, 6) is 1.25. The molecule has 1 aliphatic heterocycles. The van der Waals surface area contributed by atoms with Crippen molar-refractivity contribution in [3.05, 3.63) is 27.4 Å². The van der Waals surface area contributed by atoms with Crippen LogP contribution in [0.15, 0.2) is 12.3 Å². The fourth-order valence-corrected chi connectivity index (χ4v) is 2.77. The van der Waals surface area contributed by atoms with Gasteiger partial charge in [-0.05, 0) is 38.8 Å². The number of halogens is 1. The van der Waals surface area contributed by atoms with Crippen LogP contribution in [0.2, 0.25) is 5.02 Å². The molecule has 0 aromatic carbocycles. The first-order valence-corrected chi connectivity index (χ1v) is 7.25. The van der Waals surface area contributed by atoms with Crippen LogP contribution in [0.3, 0.4) is 0 Å². The molecule has 6 nitrogen and oxygen atoms in total. The van der Waals surface area contributed by atoms with Crippen molar-refractivity contribution in [2.75, 3.05) is 31.1 Å². The van der Waals surface area contributed by atoms with Crippen molar-refractivity contribution in [3.63, 3.8) is 0 Å². The second-order valence-corrected chi connectivity index (χ2v) is 5.40. The number of aromatic nitrogens is 1. The molecule has 1 saturated heterocycles. The number of nitro groups is 1. The van der Waals surface area contributed by atoms with Gasteiger partial charge in [-0.2, -0.15) is 0 Å². The van der Waals surface area contributed by atoms with Gasteiger partial charge in [0.1, 0.15) is 12.0 Å². The summed E-state index contributed by atoms with van der Waals surface area (Å²) >= 11 is 6.14. The lowest BCUT2D eigenvalue weighted by Gasteiger charge is -2.30. The molecule has 0 bridgehead atoms. The normalized spacial score (nSPS) is 16.1. The Balaban J connectivity index is 2.12. The largest absolute Gasteiger partial charge is 0.355 e. The molecule has 2 rings (SSSR count). The van der Waals surface area contributed by atoms with Gasteiger partial charge in [0.25, 0.3) is 5.69 Å². The molecule has 20 heavy (non-hydrogen) atoms. The molecule has 1 aromatic heterocycles. The molecule has 0 spiro atoms. The van der Waals surface area contributed by atoms with Crippen molar-refractivity contribution in [1.29, 1.82) is 0 Å². The molecule has 1 fully saturated rings. The van der Waals surface area contributed by atoms with Gasteiger partial charge >= 0.3 is 0 Å². The van der Waals surface area contributed by atoms with Gasteiger partial charge in [0.2, 0.25) is 0 Å². The maximum Gasteiger partial charge on any atom is 0.289 e. The smallest absolute Gasteiger partial charge is 0.289 e. The highest BCUT2D eigenvalue weighted by molar-refractivity contribution is 6.33. The predicted molar refractivity (Wildman–Crippen MR) is 79.4 cm³/mol. The maximum absolute atomic E-state index is 10.7. The molecule has 2 heterocycles. The monoisotopic (exact) mass is 298 g/mol. The topological polar surface area (TPSA) is 71.3 Å². The van der Waals surface area contributed by atoms with Crippen LogP contribution in [0.5, 0.6) is 0 Å². The number of hydrogen-bond acceptors (Lipinski definition) is 5. The van der Waals surface area contributed by atoms with Gasteiger partial charge in [-0.15, -0.1) is 0 Å². The van der Waals surface area contributed by atoms with E-state index in [-0.39, 0.29) is 5.69 Å². The van der Waals surface area contributed by atoms with E-state index in [1.54, 1.807) is 0 Å². The van der Waals surface area contributed by atoms with E-state index in [9.17, 15) is 10.1 Å². The standard InChI is InChI=1S/C13H19ClN4O2/c1-2-17(9-10-3-5-15-6-4-10)13-12(14)7-11(8-16-13)18(19)20/h7-8,10,15H,2-6,9H2,1H3. The number of rotatable bonds is 5. The highest BCUT2D eigenvalue weighted by atomic mass is 35.5. The average molecular weight is 299 g/mol. The summed E-state index contributed by atoms with van der Waals surface area (Å²) < 4.78 is 0. The number of nitrogens with one attached hydrogen (secondary N) is 1. The van der Waals surface area contributed by atoms with E-state index >= 15 is 0 Å². The van der Waals surface area contributed by atoms with Crippen molar-refractivity contribution in [3.8, 4) is 0 Å². The summed E-state index contributed by atoms with van der Waals surface area (Å²) in [6.07, 6.45) is 3.55. The minimum absolute atomic E-state index is 0.0725. The van der Waals surface area contributed by atoms with Gasteiger partial charge in [0.15, 0.2) is 0 Å². The van der Waals surface area contributed by atoms with Gasteiger partial charge in [-0.3, -0.25) is 10.1 Å². The number of nitrogens with zero attached hydrogens (tertiary/aromatic N) is 3. The van der Waals surface area contributed by atoms with Gasteiger partial charge in [0, 0.05) is 19.2 Å². The zero-order valence-corrected chi connectivity index (χ0v) is 12.3. The number of piperidine rings is 1. The zero-order valence-electron chi connectivity index (χ0n) is 11.5. The first-order valence-electron chi connectivity index (χ1n) is 6.87. The molecule has 0 unspecified atom stereocenters. The van der Waals surface area contributed by atoms with Crippen molar-refractivity contribution in [2.24, 2.45) is 5.92 Å². The Hall–Kier alpha value is -1.40. The lowest BCUT2D eigenvalue weighted by Crippen LogP contribution is -2.36. The first-order chi connectivity index (χ1) is 9.61. The Labute approximate surface area is 123 Å². The fraction of sp³-hybridized carbons (Fsp3) is 0.615. The van der Waals surface area contributed by atoms with E-state index in [4.69, 9.17) is 11.6 Å². The minimum Gasteiger partial charge on any atom is -0.355 e. The van der Waals surface area contributed by atoms with E-state index in [1.165, 1.54) is 12.3 Å². The van der Waals surface area contributed by atoms with Crippen molar-refractivity contribution in [1.82, 2.24) is 10.3 Å². The van der Waals surface area contributed by atoms with Crippen LogP contribution < -0.4 is 10.2 Å². The Kier molecular flexibility index (Phi) is 5.14. The lowest BCUT2D eigenvalue weighted by molar-refractivity contribution is -0.385. The van der Waals surface area contributed by atoms with Crippen LogP contribution in [-0.4, -0.2) is 36.1 Å². The Morgan fingerprint density at radius 3 is 2.80 bits per heavy atom. The molecule has 0 atom stereocenters. The number of anilines is 1. The van der Waals surface area contributed by atoms with Crippen LogP contribution in [0.25, 0.3) is 0 Å². The third-order valence-electron chi connectivity index (χ3n) is 3.64. The summed E-state index contributed by atoms with van der Waals surface area (Å²) in [6.45, 7) is 5.81. The van der Waals surface area contributed by atoms with Crippen LogP contribution in [0.1, 0.15) is 19.8 Å². The third-order valence-corrected chi connectivity index (χ3v) is 3.91. The van der Waals surface area contributed by atoms with Gasteiger partial charge in [-0.25, -0.2) is 4.98 Å². The average Bonchev–Trinajstić information content (AvgIpc) is 2.46. The molecule has 1 N–H and O–H groups in total. The summed E-state index contributed by atoms with van der Waals surface area (Å²) in [4.78, 5) is 16.5. The van der Waals surface area contributed by atoms with Gasteiger partial charge in [0.05, 0.1) is 9.95 Å². The third kappa shape index (κ3) is 3.58. The highest BCUT2D eigenvalue weighted by Crippen LogP contribution is 2.28. The Morgan fingerprint density at radius 1 is 1.55 bits per heavy atom. The van der Waals surface area contributed by atoms with E-state index in [1.807, 2.05) is 6.92 Å². The van der Waals surface area contributed by atoms with Crippen LogP contribution in [0, 0.1) is 16.0 Å². The van der Waals surface area contributed by atoms with Crippen molar-refractivity contribution >= 4 is 23.1 Å². The second kappa shape index (κ2) is 6.85. The molecule has 0 radical (unpaired) electrons. The first kappa shape index (κ1) is 15.0. The highest BCUT2D eigenvalue weighted by Gasteiger charge is 2.20. The van der Waals surface area contributed by atoms with E-state index in [0.29, 0.717) is 16.8 Å². The molecular weight excluding hydrogens is 280 g/mol. The molecule has 0 saturated carbocycles. The zero-order chi connectivity index (χ0) is 14.5. The summed E-state index contributed by atoms with van der Waals surface area (Å²) in [5, 5.41) is 14.4. The lowest BCUT2D eigenvalue weighted by atomic mass is 9.97. The Morgan fingerprint density at radius 2 is 2.25 bits per heavy atom. The fourth-order valence-electron chi connectivity index (χ4n) is 2.49. The maximum atomic E-state index is 10.7. The molecule has 7 heteroatoms. The summed E-state index contributed by atoms with van der Waals surface area (Å²) in [6, 6.07) is 1.37. The van der Waals surface area contributed by atoms with Crippen molar-refractivity contribution < 1.29 is 4.92 Å². The predicted octanol–water partition coefficient (Wildman–Crippen LogP) is 2.47. The van der Waals surface area contributed by atoms with E-state index < -0.39 is 4.92 Å². The van der Waals surface area contributed by atoms with Crippen LogP contribution >= 0.6 is 11.6 Å². The quantitative estimate of drug-likeness (QED) is 0.668. The number of hydrogen-bond donors (Lipinski definition) is 1. The molecule has 1 aliphatic rings. The van der Waals surface area contributed by atoms with Crippen LogP contribution in [0.4, 0.5) is 11.5 Å². The molecule has 0 amide bonds. The molecule has 1 aromatic rings. The minimum atomic E-state index is -0.480.